The molecule has 3 heteroatoms. The molecule has 0 radical (unpaired) electrons. The van der Waals surface area contributed by atoms with Crippen LogP contribution in [-0.4, -0.2) is 15.8 Å². The molecule has 1 aromatic rings. The molecule has 0 unspecified atom stereocenters. The van der Waals surface area contributed by atoms with Gasteiger partial charge in [-0.05, 0) is 38.5 Å². The van der Waals surface area contributed by atoms with E-state index < -0.39 is 11.2 Å². The number of aliphatic hydroxyl groups is 2. The third-order valence-electron chi connectivity index (χ3n) is 2.60. The summed E-state index contributed by atoms with van der Waals surface area (Å²) in [6, 6.07) is 7.27. The lowest BCUT2D eigenvalue weighted by Crippen LogP contribution is -2.44. The monoisotopic (exact) mass is 258 g/mol. The molecule has 0 amide bonds. The normalized spacial score (nSPS) is 16.4. The van der Waals surface area contributed by atoms with Crippen LogP contribution in [0.15, 0.2) is 28.7 Å². The zero-order chi connectivity index (χ0) is 11.0. The lowest BCUT2D eigenvalue weighted by atomic mass is 9.82. The average molecular weight is 259 g/mol. The number of benzene rings is 1. The van der Waals surface area contributed by atoms with Gasteiger partial charge in [0, 0.05) is 4.47 Å². The summed E-state index contributed by atoms with van der Waals surface area (Å²) in [6.07, 6.45) is 0. The van der Waals surface area contributed by atoms with Crippen molar-refractivity contribution in [3.63, 3.8) is 0 Å². The second kappa shape index (κ2) is 3.65. The highest BCUT2D eigenvalue weighted by Gasteiger charge is 2.38. The van der Waals surface area contributed by atoms with E-state index in [1.807, 2.05) is 12.1 Å². The molecule has 0 aliphatic rings. The fourth-order valence-electron chi connectivity index (χ4n) is 1.13. The van der Waals surface area contributed by atoms with Gasteiger partial charge in [0.2, 0.25) is 0 Å². The Morgan fingerprint density at radius 2 is 1.43 bits per heavy atom. The molecule has 0 saturated heterocycles. The lowest BCUT2D eigenvalue weighted by Gasteiger charge is -2.36. The Kier molecular flexibility index (Phi) is 3.04. The molecule has 1 rings (SSSR count). The van der Waals surface area contributed by atoms with E-state index in [0.717, 1.165) is 4.47 Å². The highest BCUT2D eigenvalue weighted by Crippen LogP contribution is 2.32. The van der Waals surface area contributed by atoms with Gasteiger partial charge in [0.25, 0.3) is 0 Å². The molecule has 2 N–H and O–H groups in total. The van der Waals surface area contributed by atoms with Crippen LogP contribution in [0.1, 0.15) is 26.3 Å². The van der Waals surface area contributed by atoms with Gasteiger partial charge in [-0.2, -0.15) is 0 Å². The minimum atomic E-state index is -1.24. The lowest BCUT2D eigenvalue weighted by molar-refractivity contribution is -0.125. The van der Waals surface area contributed by atoms with Gasteiger partial charge < -0.3 is 10.2 Å². The van der Waals surface area contributed by atoms with Gasteiger partial charge in [0.1, 0.15) is 5.60 Å². The second-order valence-electron chi connectivity index (χ2n) is 4.14. The maximum absolute atomic E-state index is 10.1. The van der Waals surface area contributed by atoms with E-state index in [9.17, 15) is 10.2 Å². The van der Waals surface area contributed by atoms with Crippen molar-refractivity contribution < 1.29 is 10.2 Å². The molecular formula is C11H15BrO2. The van der Waals surface area contributed by atoms with Gasteiger partial charge >= 0.3 is 0 Å². The molecule has 2 nitrogen and oxygen atoms in total. The average Bonchev–Trinajstić information content (AvgIpc) is 2.03. The predicted molar refractivity (Wildman–Crippen MR) is 60.0 cm³/mol. The topological polar surface area (TPSA) is 40.5 Å². The number of hydrogen-bond donors (Lipinski definition) is 2. The molecule has 0 heterocycles. The maximum atomic E-state index is 10.1. The summed E-state index contributed by atoms with van der Waals surface area (Å²) in [5, 5.41) is 20.0. The third kappa shape index (κ3) is 2.16. The smallest absolute Gasteiger partial charge is 0.115 e. The first-order valence-electron chi connectivity index (χ1n) is 4.46. The van der Waals surface area contributed by atoms with Crippen LogP contribution >= 0.6 is 15.9 Å². The maximum Gasteiger partial charge on any atom is 0.115 e. The fourth-order valence-corrected chi connectivity index (χ4v) is 1.39. The summed E-state index contributed by atoms with van der Waals surface area (Å²) in [6.45, 7) is 4.79. The molecule has 0 aromatic heterocycles. The summed E-state index contributed by atoms with van der Waals surface area (Å²) in [7, 11) is 0. The molecule has 1 aromatic carbocycles. The second-order valence-corrected chi connectivity index (χ2v) is 5.05. The Morgan fingerprint density at radius 3 is 1.79 bits per heavy atom. The molecular weight excluding hydrogens is 244 g/mol. The zero-order valence-corrected chi connectivity index (χ0v) is 10.2. The number of rotatable bonds is 2. The fraction of sp³-hybridized carbons (Fsp3) is 0.455. The number of halogens is 1. The van der Waals surface area contributed by atoms with Gasteiger partial charge in [0.05, 0.1) is 5.60 Å². The summed E-state index contributed by atoms with van der Waals surface area (Å²) >= 11 is 3.32. The molecule has 0 bridgehead atoms. The van der Waals surface area contributed by atoms with E-state index in [1.165, 1.54) is 0 Å². The molecule has 1 atom stereocenters. The largest absolute Gasteiger partial charge is 0.387 e. The quantitative estimate of drug-likeness (QED) is 0.856. The summed E-state index contributed by atoms with van der Waals surface area (Å²) in [5.74, 6) is 0. The minimum absolute atomic E-state index is 0.702. The molecule has 0 aliphatic heterocycles. The van der Waals surface area contributed by atoms with E-state index >= 15 is 0 Å². The molecule has 78 valence electrons. The standard InChI is InChI=1S/C11H15BrO2/c1-10(2,13)11(3,14)8-4-6-9(12)7-5-8/h4-7,13-14H,1-3H3/t11-/m1/s1. The first-order chi connectivity index (χ1) is 6.25. The van der Waals surface area contributed by atoms with Crippen LogP contribution in [0, 0.1) is 0 Å². The van der Waals surface area contributed by atoms with Crippen LogP contribution in [-0.2, 0) is 5.60 Å². The highest BCUT2D eigenvalue weighted by molar-refractivity contribution is 9.10. The molecule has 14 heavy (non-hydrogen) atoms. The van der Waals surface area contributed by atoms with E-state index in [1.54, 1.807) is 32.9 Å². The van der Waals surface area contributed by atoms with Crippen LogP contribution in [0.25, 0.3) is 0 Å². The molecule has 0 fully saturated rings. The number of hydrogen-bond acceptors (Lipinski definition) is 2. The Bertz CT molecular complexity index is 309. The Labute approximate surface area is 92.7 Å². The Balaban J connectivity index is 3.10. The van der Waals surface area contributed by atoms with Crippen molar-refractivity contribution in [3.05, 3.63) is 34.3 Å². The van der Waals surface area contributed by atoms with Gasteiger partial charge in [-0.3, -0.25) is 0 Å². The van der Waals surface area contributed by atoms with Crippen molar-refractivity contribution in [2.24, 2.45) is 0 Å². The van der Waals surface area contributed by atoms with Crippen LogP contribution in [0.4, 0.5) is 0 Å². The first-order valence-corrected chi connectivity index (χ1v) is 5.25. The highest BCUT2D eigenvalue weighted by atomic mass is 79.9. The molecule has 0 spiro atoms. The van der Waals surface area contributed by atoms with Crippen molar-refractivity contribution in [3.8, 4) is 0 Å². The molecule has 0 saturated carbocycles. The van der Waals surface area contributed by atoms with Gasteiger partial charge in [-0.25, -0.2) is 0 Å². The SMILES string of the molecule is CC(C)(O)[C@](C)(O)c1ccc(Br)cc1. The van der Waals surface area contributed by atoms with Crippen molar-refractivity contribution in [1.29, 1.82) is 0 Å². The van der Waals surface area contributed by atoms with E-state index in [0.29, 0.717) is 5.56 Å². The van der Waals surface area contributed by atoms with Crippen LogP contribution in [0.3, 0.4) is 0 Å². The Morgan fingerprint density at radius 1 is 1.00 bits per heavy atom. The summed E-state index contributed by atoms with van der Waals surface area (Å²) in [4.78, 5) is 0. The van der Waals surface area contributed by atoms with Crippen LogP contribution < -0.4 is 0 Å². The van der Waals surface area contributed by atoms with Crippen LogP contribution in [0.2, 0.25) is 0 Å². The van der Waals surface area contributed by atoms with Crippen molar-refractivity contribution in [1.82, 2.24) is 0 Å². The summed E-state index contributed by atoms with van der Waals surface area (Å²) in [5.41, 5.74) is -1.71. The Hall–Kier alpha value is -0.380. The predicted octanol–water partition coefficient (Wildman–Crippen LogP) is 2.43. The van der Waals surface area contributed by atoms with Crippen LogP contribution in [0.5, 0.6) is 0 Å². The van der Waals surface area contributed by atoms with E-state index in [-0.39, 0.29) is 0 Å². The summed E-state index contributed by atoms with van der Waals surface area (Å²) < 4.78 is 0.952. The van der Waals surface area contributed by atoms with Crippen molar-refractivity contribution in [2.75, 3.05) is 0 Å². The third-order valence-corrected chi connectivity index (χ3v) is 3.13. The van der Waals surface area contributed by atoms with Gasteiger partial charge in [0.15, 0.2) is 0 Å². The molecule has 0 aliphatic carbocycles. The van der Waals surface area contributed by atoms with Gasteiger partial charge in [-0.15, -0.1) is 0 Å². The first kappa shape index (κ1) is 11.7. The van der Waals surface area contributed by atoms with Crippen molar-refractivity contribution in [2.45, 2.75) is 32.0 Å². The van der Waals surface area contributed by atoms with Crippen molar-refractivity contribution >= 4 is 15.9 Å². The van der Waals surface area contributed by atoms with E-state index in [2.05, 4.69) is 15.9 Å². The van der Waals surface area contributed by atoms with Gasteiger partial charge in [-0.1, -0.05) is 28.1 Å². The zero-order valence-electron chi connectivity index (χ0n) is 8.58. The van der Waals surface area contributed by atoms with E-state index in [4.69, 9.17) is 0 Å². The minimum Gasteiger partial charge on any atom is -0.387 e.